The highest BCUT2D eigenvalue weighted by molar-refractivity contribution is 5.50. The molecule has 118 valence electrons. The Bertz CT molecular complexity index is 456. The number of hydrogen-bond donors (Lipinski definition) is 1. The molecule has 1 unspecified atom stereocenters. The average Bonchev–Trinajstić information content (AvgIpc) is 3.23. The van der Waals surface area contributed by atoms with Gasteiger partial charge in [-0.2, -0.15) is 0 Å². The number of nitrogens with zero attached hydrogens (tertiary/aromatic N) is 4. The number of likely N-dealkylation sites (N-methyl/N-ethyl adjacent to an activating group) is 2. The van der Waals surface area contributed by atoms with Gasteiger partial charge in [0.1, 0.15) is 17.5 Å². The van der Waals surface area contributed by atoms with Gasteiger partial charge in [-0.05, 0) is 47.7 Å². The van der Waals surface area contributed by atoms with Crippen molar-refractivity contribution in [3.63, 3.8) is 0 Å². The molecule has 0 radical (unpaired) electrons. The van der Waals surface area contributed by atoms with Gasteiger partial charge in [-0.15, -0.1) is 0 Å². The van der Waals surface area contributed by atoms with Crippen molar-refractivity contribution < 1.29 is 0 Å². The first-order valence-electron chi connectivity index (χ1n) is 8.09. The third-order valence-corrected chi connectivity index (χ3v) is 3.83. The van der Waals surface area contributed by atoms with Gasteiger partial charge in [-0.3, -0.25) is 0 Å². The molecule has 0 amide bonds. The number of nitrogens with one attached hydrogen (secondary N) is 1. The Morgan fingerprint density at radius 3 is 2.52 bits per heavy atom. The fourth-order valence-electron chi connectivity index (χ4n) is 2.72. The van der Waals surface area contributed by atoms with Crippen molar-refractivity contribution in [1.29, 1.82) is 0 Å². The van der Waals surface area contributed by atoms with E-state index in [0.29, 0.717) is 12.0 Å². The highest BCUT2D eigenvalue weighted by Crippen LogP contribution is 2.39. The average molecular weight is 291 g/mol. The molecule has 1 aromatic rings. The lowest BCUT2D eigenvalue weighted by atomic mass is 10.2. The Hall–Kier alpha value is -1.36. The van der Waals surface area contributed by atoms with Crippen LogP contribution in [0.5, 0.6) is 0 Å². The lowest BCUT2D eigenvalue weighted by molar-refractivity contribution is 0.372. The molecule has 5 nitrogen and oxygen atoms in total. The van der Waals surface area contributed by atoms with Crippen LogP contribution in [-0.4, -0.2) is 54.6 Å². The van der Waals surface area contributed by atoms with Crippen molar-refractivity contribution in [3.8, 4) is 0 Å². The SMILES string of the molecule is CCNc1cc(N(CC)C(C)CN(C)C)nc(C2CC2)n1. The predicted octanol–water partition coefficient (Wildman–Crippen LogP) is 2.56. The summed E-state index contributed by atoms with van der Waals surface area (Å²) in [6, 6.07) is 2.52. The van der Waals surface area contributed by atoms with E-state index in [4.69, 9.17) is 4.98 Å². The van der Waals surface area contributed by atoms with E-state index in [1.165, 1.54) is 12.8 Å². The van der Waals surface area contributed by atoms with E-state index >= 15 is 0 Å². The molecule has 0 aromatic carbocycles. The minimum atomic E-state index is 0.432. The molecule has 2 rings (SSSR count). The summed E-state index contributed by atoms with van der Waals surface area (Å²) in [5.41, 5.74) is 0. The summed E-state index contributed by atoms with van der Waals surface area (Å²) in [6.07, 6.45) is 2.46. The summed E-state index contributed by atoms with van der Waals surface area (Å²) in [6.45, 7) is 9.42. The lowest BCUT2D eigenvalue weighted by Crippen LogP contribution is -2.40. The zero-order chi connectivity index (χ0) is 15.4. The minimum Gasteiger partial charge on any atom is -0.370 e. The van der Waals surface area contributed by atoms with E-state index in [1.54, 1.807) is 0 Å². The first kappa shape index (κ1) is 16.0. The van der Waals surface area contributed by atoms with Gasteiger partial charge in [-0.25, -0.2) is 9.97 Å². The van der Waals surface area contributed by atoms with E-state index in [2.05, 4.69) is 61.0 Å². The molecule has 1 heterocycles. The summed E-state index contributed by atoms with van der Waals surface area (Å²) < 4.78 is 0. The van der Waals surface area contributed by atoms with Crippen molar-refractivity contribution in [1.82, 2.24) is 14.9 Å². The Kier molecular flexibility index (Phi) is 5.39. The van der Waals surface area contributed by atoms with Crippen LogP contribution >= 0.6 is 0 Å². The first-order valence-corrected chi connectivity index (χ1v) is 8.09. The maximum Gasteiger partial charge on any atom is 0.136 e. The zero-order valence-corrected chi connectivity index (χ0v) is 14.1. The summed E-state index contributed by atoms with van der Waals surface area (Å²) in [4.78, 5) is 14.1. The van der Waals surface area contributed by atoms with Crippen LogP contribution in [0, 0.1) is 0 Å². The van der Waals surface area contributed by atoms with Gasteiger partial charge in [0, 0.05) is 37.7 Å². The van der Waals surface area contributed by atoms with Gasteiger partial charge in [0.05, 0.1) is 0 Å². The van der Waals surface area contributed by atoms with Crippen LogP contribution in [0.2, 0.25) is 0 Å². The Balaban J connectivity index is 2.25. The van der Waals surface area contributed by atoms with Crippen molar-refractivity contribution in [2.75, 3.05) is 43.9 Å². The summed E-state index contributed by atoms with van der Waals surface area (Å²) in [7, 11) is 4.23. The van der Waals surface area contributed by atoms with E-state index in [1.807, 2.05) is 0 Å². The Morgan fingerprint density at radius 2 is 2.00 bits per heavy atom. The quantitative estimate of drug-likeness (QED) is 0.797. The van der Waals surface area contributed by atoms with E-state index in [0.717, 1.165) is 37.1 Å². The Morgan fingerprint density at radius 1 is 1.29 bits per heavy atom. The smallest absolute Gasteiger partial charge is 0.136 e. The minimum absolute atomic E-state index is 0.432. The maximum absolute atomic E-state index is 4.83. The highest BCUT2D eigenvalue weighted by Gasteiger charge is 2.28. The molecule has 0 aliphatic heterocycles. The largest absolute Gasteiger partial charge is 0.370 e. The van der Waals surface area contributed by atoms with Gasteiger partial charge < -0.3 is 15.1 Å². The molecule has 1 aliphatic carbocycles. The number of anilines is 2. The van der Waals surface area contributed by atoms with Crippen molar-refractivity contribution in [2.24, 2.45) is 0 Å². The maximum atomic E-state index is 4.83. The molecule has 5 heteroatoms. The van der Waals surface area contributed by atoms with Crippen molar-refractivity contribution in [2.45, 2.75) is 45.6 Å². The normalized spacial score (nSPS) is 16.1. The standard InChI is InChI=1S/C16H29N5/c1-6-17-14-10-15(19-16(18-14)13-8-9-13)21(7-2)12(3)11-20(4)5/h10,12-13H,6-9,11H2,1-5H3,(H,17,18,19). The number of rotatable bonds is 8. The van der Waals surface area contributed by atoms with Gasteiger partial charge in [-0.1, -0.05) is 0 Å². The molecular weight excluding hydrogens is 262 g/mol. The molecular formula is C16H29N5. The van der Waals surface area contributed by atoms with Crippen LogP contribution < -0.4 is 10.2 Å². The Labute approximate surface area is 128 Å². The fraction of sp³-hybridized carbons (Fsp3) is 0.750. The van der Waals surface area contributed by atoms with E-state index in [-0.39, 0.29) is 0 Å². The molecule has 0 bridgehead atoms. The van der Waals surface area contributed by atoms with Gasteiger partial charge in [0.15, 0.2) is 0 Å². The molecule has 1 N–H and O–H groups in total. The molecule has 1 saturated carbocycles. The zero-order valence-electron chi connectivity index (χ0n) is 14.1. The van der Waals surface area contributed by atoms with E-state index in [9.17, 15) is 0 Å². The molecule has 1 aromatic heterocycles. The van der Waals surface area contributed by atoms with Crippen LogP contribution in [0.1, 0.15) is 45.4 Å². The molecule has 1 aliphatic rings. The van der Waals surface area contributed by atoms with Gasteiger partial charge >= 0.3 is 0 Å². The van der Waals surface area contributed by atoms with Gasteiger partial charge in [0.2, 0.25) is 0 Å². The van der Waals surface area contributed by atoms with Crippen LogP contribution in [-0.2, 0) is 0 Å². The second-order valence-electron chi connectivity index (χ2n) is 6.17. The van der Waals surface area contributed by atoms with Crippen LogP contribution in [0.4, 0.5) is 11.6 Å². The monoisotopic (exact) mass is 291 g/mol. The second kappa shape index (κ2) is 7.07. The first-order chi connectivity index (χ1) is 10.0. The predicted molar refractivity (Wildman–Crippen MR) is 89.2 cm³/mol. The molecule has 21 heavy (non-hydrogen) atoms. The second-order valence-corrected chi connectivity index (χ2v) is 6.17. The van der Waals surface area contributed by atoms with Gasteiger partial charge in [0.25, 0.3) is 0 Å². The van der Waals surface area contributed by atoms with Crippen molar-refractivity contribution in [3.05, 3.63) is 11.9 Å². The van der Waals surface area contributed by atoms with Crippen molar-refractivity contribution >= 4 is 11.6 Å². The topological polar surface area (TPSA) is 44.3 Å². The van der Waals surface area contributed by atoms with E-state index < -0.39 is 0 Å². The number of aromatic nitrogens is 2. The van der Waals surface area contributed by atoms with Crippen LogP contribution in [0.25, 0.3) is 0 Å². The molecule has 1 atom stereocenters. The highest BCUT2D eigenvalue weighted by atomic mass is 15.2. The van der Waals surface area contributed by atoms with Crippen LogP contribution in [0.15, 0.2) is 6.07 Å². The number of hydrogen-bond acceptors (Lipinski definition) is 5. The van der Waals surface area contributed by atoms with Crippen LogP contribution in [0.3, 0.4) is 0 Å². The summed E-state index contributed by atoms with van der Waals surface area (Å²) in [5, 5.41) is 3.34. The third-order valence-electron chi connectivity index (χ3n) is 3.83. The summed E-state index contributed by atoms with van der Waals surface area (Å²) in [5.74, 6) is 3.60. The third kappa shape index (κ3) is 4.30. The molecule has 0 saturated heterocycles. The molecule has 0 spiro atoms. The summed E-state index contributed by atoms with van der Waals surface area (Å²) >= 11 is 0. The molecule has 1 fully saturated rings. The fourth-order valence-corrected chi connectivity index (χ4v) is 2.72. The lowest BCUT2D eigenvalue weighted by Gasteiger charge is -2.31.